The Morgan fingerprint density at radius 3 is 2.75 bits per heavy atom. The van der Waals surface area contributed by atoms with Crippen LogP contribution in [0.4, 0.5) is 10.5 Å². The third-order valence-electron chi connectivity index (χ3n) is 3.97. The van der Waals surface area contributed by atoms with Crippen molar-refractivity contribution < 1.29 is 9.59 Å². The first-order valence-electron chi connectivity index (χ1n) is 7.70. The van der Waals surface area contributed by atoms with Crippen molar-refractivity contribution in [3.8, 4) is 0 Å². The number of benzene rings is 2. The zero-order chi connectivity index (χ0) is 17.1. The Balaban J connectivity index is 1.77. The Morgan fingerprint density at radius 2 is 2.04 bits per heavy atom. The Hall–Kier alpha value is -2.34. The van der Waals surface area contributed by atoms with Gasteiger partial charge in [-0.3, -0.25) is 9.69 Å². The maximum atomic E-state index is 12.7. The zero-order valence-electron chi connectivity index (χ0n) is 13.3. The number of halogens is 1. The number of hydrogen-bond acceptors (Lipinski definition) is 2. The van der Waals surface area contributed by atoms with Crippen molar-refractivity contribution in [2.45, 2.75) is 6.54 Å². The molecule has 1 aliphatic heterocycles. The van der Waals surface area contributed by atoms with Crippen molar-refractivity contribution in [1.29, 1.82) is 0 Å². The molecule has 24 heavy (non-hydrogen) atoms. The van der Waals surface area contributed by atoms with Gasteiger partial charge in [0.2, 0.25) is 0 Å². The fraction of sp³-hybridized carbons (Fsp3) is 0.222. The molecule has 0 aliphatic carbocycles. The fourth-order valence-corrected chi connectivity index (χ4v) is 3.11. The number of nitrogens with zero attached hydrogens (tertiary/aromatic N) is 2. The molecular formula is C18H18BrN3O2. The van der Waals surface area contributed by atoms with Gasteiger partial charge in [0.1, 0.15) is 0 Å². The lowest BCUT2D eigenvalue weighted by Gasteiger charge is -2.20. The predicted molar refractivity (Wildman–Crippen MR) is 97.1 cm³/mol. The second-order valence-corrected chi connectivity index (χ2v) is 6.54. The quantitative estimate of drug-likeness (QED) is 0.875. The average molecular weight is 388 g/mol. The van der Waals surface area contributed by atoms with E-state index < -0.39 is 0 Å². The molecule has 1 N–H and O–H groups in total. The smallest absolute Gasteiger partial charge is 0.321 e. The van der Waals surface area contributed by atoms with Crippen LogP contribution in [0.25, 0.3) is 0 Å². The summed E-state index contributed by atoms with van der Waals surface area (Å²) in [5, 5.41) is 2.76. The van der Waals surface area contributed by atoms with E-state index >= 15 is 0 Å². The third kappa shape index (κ3) is 3.43. The van der Waals surface area contributed by atoms with Crippen molar-refractivity contribution in [1.82, 2.24) is 10.2 Å². The maximum Gasteiger partial charge on any atom is 0.321 e. The molecule has 0 radical (unpaired) electrons. The van der Waals surface area contributed by atoms with Gasteiger partial charge in [0.05, 0.1) is 0 Å². The van der Waals surface area contributed by atoms with Crippen LogP contribution in [0, 0.1) is 0 Å². The van der Waals surface area contributed by atoms with E-state index in [9.17, 15) is 9.59 Å². The van der Waals surface area contributed by atoms with Crippen molar-refractivity contribution in [2.75, 3.05) is 25.0 Å². The Bertz CT molecular complexity index is 778. The van der Waals surface area contributed by atoms with Crippen molar-refractivity contribution in [3.05, 3.63) is 64.1 Å². The largest absolute Gasteiger partial charge is 0.337 e. The van der Waals surface area contributed by atoms with Crippen LogP contribution in [0.1, 0.15) is 15.9 Å². The Morgan fingerprint density at radius 1 is 1.25 bits per heavy atom. The molecule has 0 unspecified atom stereocenters. The summed E-state index contributed by atoms with van der Waals surface area (Å²) in [4.78, 5) is 27.8. The number of carbonyl (C=O) groups is 2. The summed E-state index contributed by atoms with van der Waals surface area (Å²) in [6.07, 6.45) is 0. The number of amides is 3. The summed E-state index contributed by atoms with van der Waals surface area (Å²) in [5.41, 5.74) is 2.36. The molecule has 1 fully saturated rings. The van der Waals surface area contributed by atoms with Gasteiger partial charge in [-0.15, -0.1) is 0 Å². The average Bonchev–Trinajstić information content (AvgIpc) is 3.02. The SMILES string of the molecule is CN(Cc1ccccc1Br)C(=O)c1cccc(N2CCNC2=O)c1. The number of carbonyl (C=O) groups excluding carboxylic acids is 2. The van der Waals surface area contributed by atoms with Crippen molar-refractivity contribution in [2.24, 2.45) is 0 Å². The van der Waals surface area contributed by atoms with Gasteiger partial charge < -0.3 is 10.2 Å². The number of nitrogens with one attached hydrogen (secondary N) is 1. The van der Waals surface area contributed by atoms with Gasteiger partial charge in [-0.2, -0.15) is 0 Å². The highest BCUT2D eigenvalue weighted by Gasteiger charge is 2.22. The van der Waals surface area contributed by atoms with Gasteiger partial charge in [-0.05, 0) is 29.8 Å². The van der Waals surface area contributed by atoms with Crippen molar-refractivity contribution in [3.63, 3.8) is 0 Å². The summed E-state index contributed by atoms with van der Waals surface area (Å²) in [5.74, 6) is -0.0767. The molecule has 2 aromatic rings. The molecule has 1 heterocycles. The Kier molecular flexibility index (Phi) is 4.85. The number of anilines is 1. The molecule has 124 valence electrons. The lowest BCUT2D eigenvalue weighted by atomic mass is 10.1. The first-order valence-corrected chi connectivity index (χ1v) is 8.50. The van der Waals surface area contributed by atoms with Crippen LogP contribution in [0.2, 0.25) is 0 Å². The molecular weight excluding hydrogens is 370 g/mol. The minimum atomic E-state index is -0.124. The zero-order valence-corrected chi connectivity index (χ0v) is 14.9. The normalized spacial score (nSPS) is 13.8. The van der Waals surface area contributed by atoms with E-state index in [1.807, 2.05) is 30.3 Å². The molecule has 0 bridgehead atoms. The Labute approximate surface area is 149 Å². The van der Waals surface area contributed by atoms with Crippen LogP contribution in [0.15, 0.2) is 53.0 Å². The highest BCUT2D eigenvalue weighted by molar-refractivity contribution is 9.10. The van der Waals surface area contributed by atoms with Crippen LogP contribution in [0.5, 0.6) is 0 Å². The molecule has 0 atom stereocenters. The van der Waals surface area contributed by atoms with E-state index in [1.165, 1.54) is 0 Å². The molecule has 3 rings (SSSR count). The minimum Gasteiger partial charge on any atom is -0.337 e. The second kappa shape index (κ2) is 7.05. The summed E-state index contributed by atoms with van der Waals surface area (Å²) in [6.45, 7) is 1.75. The minimum absolute atomic E-state index is 0.0767. The fourth-order valence-electron chi connectivity index (χ4n) is 2.70. The van der Waals surface area contributed by atoms with Crippen LogP contribution in [-0.4, -0.2) is 37.0 Å². The number of rotatable bonds is 4. The standard InChI is InChI=1S/C18H18BrN3O2/c1-21(12-14-5-2-3-8-16(14)19)17(23)13-6-4-7-15(11-13)22-10-9-20-18(22)24/h2-8,11H,9-10,12H2,1H3,(H,20,24). The predicted octanol–water partition coefficient (Wildman–Crippen LogP) is 3.25. The summed E-state index contributed by atoms with van der Waals surface area (Å²) in [7, 11) is 1.77. The molecule has 1 saturated heterocycles. The van der Waals surface area contributed by atoms with Gasteiger partial charge in [-0.25, -0.2) is 4.79 Å². The van der Waals surface area contributed by atoms with Gasteiger partial charge in [0, 0.05) is 42.4 Å². The van der Waals surface area contributed by atoms with Crippen LogP contribution in [0.3, 0.4) is 0 Å². The molecule has 0 spiro atoms. The molecule has 0 aromatic heterocycles. The lowest BCUT2D eigenvalue weighted by Crippen LogP contribution is -2.29. The second-order valence-electron chi connectivity index (χ2n) is 5.69. The monoisotopic (exact) mass is 387 g/mol. The van der Waals surface area contributed by atoms with Crippen LogP contribution >= 0.6 is 15.9 Å². The summed E-state index contributed by atoms with van der Waals surface area (Å²) in [6, 6.07) is 14.9. The van der Waals surface area contributed by atoms with Gasteiger partial charge in [-0.1, -0.05) is 40.2 Å². The molecule has 0 saturated carbocycles. The van der Waals surface area contributed by atoms with Crippen LogP contribution in [-0.2, 0) is 6.54 Å². The molecule has 1 aliphatic rings. The lowest BCUT2D eigenvalue weighted by molar-refractivity contribution is 0.0785. The maximum absolute atomic E-state index is 12.7. The third-order valence-corrected chi connectivity index (χ3v) is 4.75. The molecule has 6 heteroatoms. The first kappa shape index (κ1) is 16.5. The number of urea groups is 1. The molecule has 5 nitrogen and oxygen atoms in total. The van der Waals surface area contributed by atoms with E-state index in [4.69, 9.17) is 0 Å². The van der Waals surface area contributed by atoms with E-state index in [2.05, 4.69) is 21.2 Å². The highest BCUT2D eigenvalue weighted by atomic mass is 79.9. The highest BCUT2D eigenvalue weighted by Crippen LogP contribution is 2.21. The van der Waals surface area contributed by atoms with E-state index in [0.29, 0.717) is 25.2 Å². The molecule has 3 amide bonds. The van der Waals surface area contributed by atoms with Gasteiger partial charge in [0.25, 0.3) is 5.91 Å². The van der Waals surface area contributed by atoms with E-state index in [-0.39, 0.29) is 11.9 Å². The number of hydrogen-bond donors (Lipinski definition) is 1. The summed E-state index contributed by atoms with van der Waals surface area (Å²) < 4.78 is 0.979. The topological polar surface area (TPSA) is 52.7 Å². The van der Waals surface area contributed by atoms with E-state index in [0.717, 1.165) is 15.7 Å². The van der Waals surface area contributed by atoms with Gasteiger partial charge >= 0.3 is 6.03 Å². The van der Waals surface area contributed by atoms with Gasteiger partial charge in [0.15, 0.2) is 0 Å². The molecule has 2 aromatic carbocycles. The van der Waals surface area contributed by atoms with E-state index in [1.54, 1.807) is 35.0 Å². The summed E-state index contributed by atoms with van der Waals surface area (Å²) >= 11 is 3.50. The van der Waals surface area contributed by atoms with Crippen molar-refractivity contribution >= 4 is 33.6 Å². The van der Waals surface area contributed by atoms with Crippen LogP contribution < -0.4 is 10.2 Å². The first-order chi connectivity index (χ1) is 11.6.